The Morgan fingerprint density at radius 3 is 2.38 bits per heavy atom. The fourth-order valence-electron chi connectivity index (χ4n) is 3.57. The third-order valence-corrected chi connectivity index (χ3v) is 4.64. The first-order chi connectivity index (χ1) is 13.6. The van der Waals surface area contributed by atoms with E-state index in [2.05, 4.69) is 10.3 Å². The molecule has 3 heterocycles. The highest BCUT2D eigenvalue weighted by Crippen LogP contribution is 2.36. The van der Waals surface area contributed by atoms with Gasteiger partial charge in [0.15, 0.2) is 29.9 Å². The molecular weight excluding hydrogens is 388 g/mol. The predicted molar refractivity (Wildman–Crippen MR) is 97.4 cm³/mol. The number of amides is 1. The lowest BCUT2D eigenvalue weighted by atomic mass is 9.96. The average Bonchev–Trinajstić information content (AvgIpc) is 2.64. The first kappa shape index (κ1) is 20.6. The Balaban J connectivity index is 2.15. The number of ether oxygens (including phenoxy) is 4. The van der Waals surface area contributed by atoms with Gasteiger partial charge in [-0.3, -0.25) is 28.6 Å². The van der Waals surface area contributed by atoms with Crippen LogP contribution in [0.25, 0.3) is 0 Å². The number of hydrogen-bond donors (Lipinski definition) is 1. The van der Waals surface area contributed by atoms with Crippen LogP contribution in [0.5, 0.6) is 6.01 Å². The molecule has 158 valence electrons. The number of hydrogen-bond acceptors (Lipinski definition) is 10. The molecule has 1 fully saturated rings. The van der Waals surface area contributed by atoms with Crippen LogP contribution in [0.15, 0.2) is 4.79 Å². The van der Waals surface area contributed by atoms with Crippen molar-refractivity contribution in [3.05, 3.63) is 10.4 Å². The van der Waals surface area contributed by atoms with Gasteiger partial charge in [0, 0.05) is 27.8 Å². The number of esters is 2. The quantitative estimate of drug-likeness (QED) is 0.627. The van der Waals surface area contributed by atoms with Crippen LogP contribution in [0.3, 0.4) is 0 Å². The molecule has 0 saturated carbocycles. The van der Waals surface area contributed by atoms with E-state index in [0.717, 1.165) is 9.47 Å². The van der Waals surface area contributed by atoms with Crippen molar-refractivity contribution in [3.8, 4) is 6.01 Å². The minimum Gasteiger partial charge on any atom is -0.468 e. The predicted octanol–water partition coefficient (Wildman–Crippen LogP) is -0.844. The van der Waals surface area contributed by atoms with Crippen molar-refractivity contribution in [1.29, 1.82) is 0 Å². The number of nitrogens with one attached hydrogen (secondary N) is 1. The Morgan fingerprint density at radius 1 is 1.17 bits per heavy atom. The summed E-state index contributed by atoms with van der Waals surface area (Å²) in [7, 11) is 2.81. The fourth-order valence-corrected chi connectivity index (χ4v) is 3.57. The summed E-state index contributed by atoms with van der Waals surface area (Å²) in [5.41, 5.74) is -0.601. The van der Waals surface area contributed by atoms with Gasteiger partial charge < -0.3 is 24.3 Å². The van der Waals surface area contributed by atoms with Crippen LogP contribution in [0.4, 0.5) is 11.5 Å². The van der Waals surface area contributed by atoms with Crippen LogP contribution in [0.2, 0.25) is 0 Å². The summed E-state index contributed by atoms with van der Waals surface area (Å²) in [4.78, 5) is 54.1. The summed E-state index contributed by atoms with van der Waals surface area (Å²) in [6.45, 7) is 3.58. The van der Waals surface area contributed by atoms with Gasteiger partial charge in [0.2, 0.25) is 5.91 Å². The number of rotatable bonds is 3. The van der Waals surface area contributed by atoms with Crippen LogP contribution >= 0.6 is 0 Å². The summed E-state index contributed by atoms with van der Waals surface area (Å²) in [5.74, 6) is -1.65. The molecule has 1 aromatic heterocycles. The van der Waals surface area contributed by atoms with Crippen molar-refractivity contribution in [2.45, 2.75) is 45.2 Å². The van der Waals surface area contributed by atoms with E-state index in [4.69, 9.17) is 18.9 Å². The molecule has 0 bridgehead atoms. The Morgan fingerprint density at radius 2 is 1.83 bits per heavy atom. The lowest BCUT2D eigenvalue weighted by molar-refractivity contribution is -0.190. The minimum absolute atomic E-state index is 0.0355. The molecule has 3 rings (SSSR count). The van der Waals surface area contributed by atoms with Gasteiger partial charge in [-0.05, 0) is 0 Å². The molecule has 1 saturated heterocycles. The van der Waals surface area contributed by atoms with E-state index in [1.165, 1.54) is 34.9 Å². The van der Waals surface area contributed by atoms with E-state index in [9.17, 15) is 19.2 Å². The largest absolute Gasteiger partial charge is 0.468 e. The van der Waals surface area contributed by atoms with Crippen molar-refractivity contribution in [2.75, 3.05) is 23.9 Å². The van der Waals surface area contributed by atoms with Gasteiger partial charge in [-0.15, -0.1) is 0 Å². The molecule has 2 aliphatic rings. The molecule has 29 heavy (non-hydrogen) atoms. The van der Waals surface area contributed by atoms with E-state index in [0.29, 0.717) is 0 Å². The SMILES string of the molecule is COc1nc2c(c(=O)n1C)N(C(C)=O)[C@H]1[C@H](OC(C)=O)[C@H](OC(C)=O)CO[C@H]1N2. The molecule has 12 heteroatoms. The zero-order valence-corrected chi connectivity index (χ0v) is 16.6. The van der Waals surface area contributed by atoms with Crippen LogP contribution in [0.1, 0.15) is 20.8 Å². The normalized spacial score (nSPS) is 25.2. The highest BCUT2D eigenvalue weighted by Gasteiger charge is 2.52. The van der Waals surface area contributed by atoms with Gasteiger partial charge in [-0.25, -0.2) is 0 Å². The number of carbonyl (C=O) groups is 3. The molecule has 1 N–H and O–H groups in total. The lowest BCUT2D eigenvalue weighted by Gasteiger charge is -2.48. The summed E-state index contributed by atoms with van der Waals surface area (Å²) in [6, 6.07) is -0.932. The third kappa shape index (κ3) is 3.62. The number of carbonyl (C=O) groups excluding carboxylic acids is 3. The zero-order valence-electron chi connectivity index (χ0n) is 16.6. The van der Waals surface area contributed by atoms with Crippen molar-refractivity contribution < 1.29 is 33.3 Å². The van der Waals surface area contributed by atoms with Gasteiger partial charge in [0.25, 0.3) is 5.56 Å². The molecule has 0 aliphatic carbocycles. The molecule has 0 spiro atoms. The van der Waals surface area contributed by atoms with E-state index in [1.54, 1.807) is 0 Å². The molecule has 12 nitrogen and oxygen atoms in total. The number of anilines is 2. The van der Waals surface area contributed by atoms with E-state index >= 15 is 0 Å². The molecular formula is C17H22N4O8. The molecule has 1 amide bonds. The van der Waals surface area contributed by atoms with Crippen LogP contribution < -0.4 is 20.5 Å². The Labute approximate surface area is 165 Å². The second kappa shape index (κ2) is 7.70. The number of fused-ring (bicyclic) bond motifs is 2. The first-order valence-electron chi connectivity index (χ1n) is 8.83. The van der Waals surface area contributed by atoms with Gasteiger partial charge in [-0.2, -0.15) is 4.98 Å². The molecule has 1 aromatic rings. The maximum absolute atomic E-state index is 12.9. The van der Waals surface area contributed by atoms with E-state index in [1.807, 2.05) is 0 Å². The molecule has 0 aromatic carbocycles. The zero-order chi connectivity index (χ0) is 21.5. The fraction of sp³-hybridized carbons (Fsp3) is 0.588. The van der Waals surface area contributed by atoms with Gasteiger partial charge in [0.05, 0.1) is 13.7 Å². The van der Waals surface area contributed by atoms with Gasteiger partial charge in [-0.1, -0.05) is 0 Å². The number of aromatic nitrogens is 2. The highest BCUT2D eigenvalue weighted by molar-refractivity contribution is 5.96. The van der Waals surface area contributed by atoms with Crippen molar-refractivity contribution >= 4 is 29.4 Å². The monoisotopic (exact) mass is 410 g/mol. The Bertz CT molecular complexity index is 913. The van der Waals surface area contributed by atoms with Crippen molar-refractivity contribution in [1.82, 2.24) is 9.55 Å². The van der Waals surface area contributed by atoms with Crippen LogP contribution in [-0.4, -0.2) is 65.6 Å². The van der Waals surface area contributed by atoms with Gasteiger partial charge in [0.1, 0.15) is 6.04 Å². The molecule has 4 atom stereocenters. The lowest BCUT2D eigenvalue weighted by Crippen LogP contribution is -2.68. The van der Waals surface area contributed by atoms with Crippen LogP contribution in [-0.2, 0) is 35.6 Å². The minimum atomic E-state index is -1.06. The van der Waals surface area contributed by atoms with Crippen LogP contribution in [0, 0.1) is 0 Å². The molecule has 0 unspecified atom stereocenters. The summed E-state index contributed by atoms with van der Waals surface area (Å²) in [6.07, 6.45) is -2.89. The highest BCUT2D eigenvalue weighted by atomic mass is 16.6. The molecule has 0 radical (unpaired) electrons. The van der Waals surface area contributed by atoms with Crippen molar-refractivity contribution in [2.24, 2.45) is 7.05 Å². The summed E-state index contributed by atoms with van der Waals surface area (Å²) < 4.78 is 22.6. The van der Waals surface area contributed by atoms with Crippen molar-refractivity contribution in [3.63, 3.8) is 0 Å². The number of methoxy groups -OCH3 is 1. The summed E-state index contributed by atoms with van der Waals surface area (Å²) in [5, 5.41) is 2.95. The smallest absolute Gasteiger partial charge is 0.303 e. The Hall–Kier alpha value is -3.15. The number of nitrogens with zero attached hydrogens (tertiary/aromatic N) is 3. The van der Waals surface area contributed by atoms with Gasteiger partial charge >= 0.3 is 17.9 Å². The maximum atomic E-state index is 12.9. The second-order valence-electron chi connectivity index (χ2n) is 6.66. The topological polar surface area (TPSA) is 138 Å². The standard InChI is InChI=1S/C17H22N4O8/c1-7(22)21-11-13(29-9(3)24)10(28-8(2)23)6-27-15(11)18-14-12(21)16(25)20(4)17(19-14)26-5/h10-11,13,15,18H,6H2,1-5H3/t10-,11+,13-,15-/m1/s1. The maximum Gasteiger partial charge on any atom is 0.303 e. The Kier molecular flexibility index (Phi) is 5.46. The molecule has 2 aliphatic heterocycles. The second-order valence-corrected chi connectivity index (χ2v) is 6.66. The average molecular weight is 410 g/mol. The summed E-state index contributed by atoms with van der Waals surface area (Å²) >= 11 is 0. The van der Waals surface area contributed by atoms with E-state index in [-0.39, 0.29) is 24.1 Å². The third-order valence-electron chi connectivity index (χ3n) is 4.64. The first-order valence-corrected chi connectivity index (χ1v) is 8.83. The van der Waals surface area contributed by atoms with E-state index < -0.39 is 47.9 Å².